The van der Waals surface area contributed by atoms with Crippen molar-refractivity contribution in [3.63, 3.8) is 0 Å². The molecule has 1 aromatic heterocycles. The van der Waals surface area contributed by atoms with Crippen LogP contribution in [0.15, 0.2) is 49.3 Å². The van der Waals surface area contributed by atoms with E-state index in [0.717, 1.165) is 20.0 Å². The van der Waals surface area contributed by atoms with Crippen molar-refractivity contribution in [2.24, 2.45) is 0 Å². The number of thioether (sulfide) groups is 1. The summed E-state index contributed by atoms with van der Waals surface area (Å²) in [6.45, 7) is -0.0591. The second-order valence-electron chi connectivity index (χ2n) is 4.20. The van der Waals surface area contributed by atoms with Gasteiger partial charge < -0.3 is 5.11 Å². The maximum absolute atomic E-state index is 12.0. The topological polar surface area (TPSA) is 66.4 Å². The highest BCUT2D eigenvalue weighted by Crippen LogP contribution is 2.26. The van der Waals surface area contributed by atoms with Crippen molar-refractivity contribution in [1.82, 2.24) is 4.72 Å². The molecule has 2 N–H and O–H groups in total. The van der Waals surface area contributed by atoms with Crippen LogP contribution in [0.2, 0.25) is 0 Å². The number of thiophene rings is 1. The van der Waals surface area contributed by atoms with E-state index in [4.69, 9.17) is 0 Å². The van der Waals surface area contributed by atoms with E-state index in [1.165, 1.54) is 6.07 Å². The molecular formula is C13H14BrNO3S3. The number of sulfonamides is 1. The first-order valence-corrected chi connectivity index (χ1v) is 10.3. The van der Waals surface area contributed by atoms with Crippen LogP contribution in [0.4, 0.5) is 0 Å². The molecule has 0 spiro atoms. The van der Waals surface area contributed by atoms with Gasteiger partial charge in [-0.25, -0.2) is 13.1 Å². The Kier molecular flexibility index (Phi) is 5.87. The Morgan fingerprint density at radius 1 is 1.29 bits per heavy atom. The molecule has 2 aromatic rings. The van der Waals surface area contributed by atoms with Gasteiger partial charge >= 0.3 is 0 Å². The summed E-state index contributed by atoms with van der Waals surface area (Å²) in [6, 6.07) is 10.6. The molecule has 1 heterocycles. The molecule has 0 unspecified atom stereocenters. The maximum atomic E-state index is 12.0. The fourth-order valence-corrected chi connectivity index (χ4v) is 5.15. The molecule has 0 saturated heterocycles. The summed E-state index contributed by atoms with van der Waals surface area (Å²) in [5.41, 5.74) is 0.683. The smallest absolute Gasteiger partial charge is 0.250 e. The van der Waals surface area contributed by atoms with Gasteiger partial charge in [0.15, 0.2) is 0 Å². The highest BCUT2D eigenvalue weighted by Gasteiger charge is 2.18. The molecule has 1 atom stereocenters. The van der Waals surface area contributed by atoms with Gasteiger partial charge in [-0.05, 0) is 52.0 Å². The van der Waals surface area contributed by atoms with Gasteiger partial charge in [0.25, 0.3) is 0 Å². The molecule has 114 valence electrons. The summed E-state index contributed by atoms with van der Waals surface area (Å²) in [5.74, 6) is 0. The third kappa shape index (κ3) is 4.54. The predicted molar refractivity (Wildman–Crippen MR) is 90.4 cm³/mol. The number of hydrogen-bond acceptors (Lipinski definition) is 5. The van der Waals surface area contributed by atoms with Crippen LogP contribution >= 0.6 is 39.0 Å². The van der Waals surface area contributed by atoms with E-state index in [-0.39, 0.29) is 10.8 Å². The second-order valence-corrected chi connectivity index (χ2v) is 9.54. The normalized spacial score (nSPS) is 13.3. The number of aliphatic hydroxyl groups excluding tert-OH is 1. The van der Waals surface area contributed by atoms with Gasteiger partial charge in [0.05, 0.1) is 9.89 Å². The first-order chi connectivity index (χ1) is 9.92. The number of nitrogens with one attached hydrogen (secondary N) is 1. The molecule has 2 rings (SSSR count). The number of rotatable bonds is 6. The average Bonchev–Trinajstić information content (AvgIpc) is 2.92. The largest absolute Gasteiger partial charge is 0.387 e. The Morgan fingerprint density at radius 3 is 2.48 bits per heavy atom. The van der Waals surface area contributed by atoms with Crippen LogP contribution in [0.1, 0.15) is 11.7 Å². The zero-order chi connectivity index (χ0) is 15.5. The number of aliphatic hydroxyl groups is 1. The summed E-state index contributed by atoms with van der Waals surface area (Å²) in [7, 11) is -3.58. The molecule has 21 heavy (non-hydrogen) atoms. The Bertz CT molecular complexity index is 698. The molecule has 0 radical (unpaired) electrons. The third-order valence-corrected chi connectivity index (χ3v) is 7.06. The van der Waals surface area contributed by atoms with Gasteiger partial charge in [-0.15, -0.1) is 23.1 Å². The Labute approximate surface area is 140 Å². The van der Waals surface area contributed by atoms with Crippen molar-refractivity contribution in [1.29, 1.82) is 0 Å². The molecule has 0 aliphatic carbocycles. The minimum Gasteiger partial charge on any atom is -0.387 e. The minimum absolute atomic E-state index is 0.0591. The standard InChI is InChI=1S/C13H14BrNO3S3/c1-19-10-4-2-9(3-5-10)11(16)8-15-21(17,18)13-7-6-12(14)20-13/h2-7,11,15-16H,8H2,1H3/t11-/m1/s1. The summed E-state index contributed by atoms with van der Waals surface area (Å²) < 4.78 is 27.5. The molecular weight excluding hydrogens is 394 g/mol. The number of hydrogen-bond donors (Lipinski definition) is 2. The zero-order valence-electron chi connectivity index (χ0n) is 11.1. The highest BCUT2D eigenvalue weighted by atomic mass is 79.9. The highest BCUT2D eigenvalue weighted by molar-refractivity contribution is 9.11. The van der Waals surface area contributed by atoms with E-state index in [2.05, 4.69) is 20.7 Å². The van der Waals surface area contributed by atoms with Crippen molar-refractivity contribution in [3.8, 4) is 0 Å². The Hall–Kier alpha value is -0.380. The number of benzene rings is 1. The maximum Gasteiger partial charge on any atom is 0.250 e. The van der Waals surface area contributed by atoms with E-state index in [1.54, 1.807) is 30.0 Å². The van der Waals surface area contributed by atoms with Crippen LogP contribution in [-0.4, -0.2) is 26.3 Å². The lowest BCUT2D eigenvalue weighted by molar-refractivity contribution is 0.182. The van der Waals surface area contributed by atoms with Gasteiger partial charge in [0, 0.05) is 11.4 Å². The molecule has 1 aromatic carbocycles. The third-order valence-electron chi connectivity index (χ3n) is 2.78. The SMILES string of the molecule is CSc1ccc([C@H](O)CNS(=O)(=O)c2ccc(Br)s2)cc1. The van der Waals surface area contributed by atoms with Gasteiger partial charge in [-0.1, -0.05) is 12.1 Å². The quantitative estimate of drug-likeness (QED) is 0.721. The van der Waals surface area contributed by atoms with E-state index in [1.807, 2.05) is 18.4 Å². The Morgan fingerprint density at radius 2 is 1.95 bits per heavy atom. The van der Waals surface area contributed by atoms with E-state index < -0.39 is 16.1 Å². The Balaban J connectivity index is 2.01. The predicted octanol–water partition coefficient (Wildman–Crippen LogP) is 3.24. The van der Waals surface area contributed by atoms with Crippen LogP contribution in [0.5, 0.6) is 0 Å². The summed E-state index contributed by atoms with van der Waals surface area (Å²) >= 11 is 5.97. The lowest BCUT2D eigenvalue weighted by Gasteiger charge is -2.12. The van der Waals surface area contributed by atoms with Crippen LogP contribution in [-0.2, 0) is 10.0 Å². The van der Waals surface area contributed by atoms with E-state index >= 15 is 0 Å². The van der Waals surface area contributed by atoms with Gasteiger partial charge in [-0.2, -0.15) is 0 Å². The summed E-state index contributed by atoms with van der Waals surface area (Å²) in [5, 5.41) is 10.1. The molecule has 4 nitrogen and oxygen atoms in total. The van der Waals surface area contributed by atoms with E-state index in [9.17, 15) is 13.5 Å². The van der Waals surface area contributed by atoms with Gasteiger partial charge in [0.2, 0.25) is 10.0 Å². The van der Waals surface area contributed by atoms with Gasteiger partial charge in [0.1, 0.15) is 4.21 Å². The lowest BCUT2D eigenvalue weighted by atomic mass is 10.1. The fraction of sp³-hybridized carbons (Fsp3) is 0.231. The monoisotopic (exact) mass is 407 g/mol. The van der Waals surface area contributed by atoms with Crippen LogP contribution in [0.25, 0.3) is 0 Å². The molecule has 0 aliphatic rings. The van der Waals surface area contributed by atoms with Gasteiger partial charge in [-0.3, -0.25) is 0 Å². The van der Waals surface area contributed by atoms with Crippen molar-refractivity contribution in [2.75, 3.05) is 12.8 Å². The van der Waals surface area contributed by atoms with Crippen molar-refractivity contribution in [3.05, 3.63) is 45.7 Å². The molecule has 0 fully saturated rings. The first kappa shape index (κ1) is 17.0. The van der Waals surface area contributed by atoms with Crippen molar-refractivity contribution < 1.29 is 13.5 Å². The number of halogens is 1. The second kappa shape index (κ2) is 7.26. The van der Waals surface area contributed by atoms with Crippen molar-refractivity contribution in [2.45, 2.75) is 15.2 Å². The van der Waals surface area contributed by atoms with Crippen LogP contribution in [0.3, 0.4) is 0 Å². The lowest BCUT2D eigenvalue weighted by Crippen LogP contribution is -2.28. The molecule has 0 saturated carbocycles. The molecule has 0 amide bonds. The van der Waals surface area contributed by atoms with E-state index in [0.29, 0.717) is 5.56 Å². The summed E-state index contributed by atoms with van der Waals surface area (Å²) in [6.07, 6.45) is 1.10. The molecule has 8 heteroatoms. The average molecular weight is 408 g/mol. The minimum atomic E-state index is -3.58. The molecule has 0 bridgehead atoms. The summed E-state index contributed by atoms with van der Waals surface area (Å²) in [4.78, 5) is 1.09. The molecule has 0 aliphatic heterocycles. The zero-order valence-corrected chi connectivity index (χ0v) is 15.2. The fourth-order valence-electron chi connectivity index (χ4n) is 1.65. The first-order valence-electron chi connectivity index (χ1n) is 5.99. The van der Waals surface area contributed by atoms with Crippen LogP contribution < -0.4 is 4.72 Å². The van der Waals surface area contributed by atoms with Crippen LogP contribution in [0, 0.1) is 0 Å². The van der Waals surface area contributed by atoms with Crippen molar-refractivity contribution >= 4 is 49.1 Å².